The van der Waals surface area contributed by atoms with Crippen LogP contribution in [0.4, 0.5) is 5.95 Å². The van der Waals surface area contributed by atoms with E-state index in [1.54, 1.807) is 6.20 Å². The van der Waals surface area contributed by atoms with E-state index in [2.05, 4.69) is 43.2 Å². The highest BCUT2D eigenvalue weighted by Gasteiger charge is 2.28. The van der Waals surface area contributed by atoms with E-state index in [1.165, 1.54) is 6.92 Å². The molecule has 0 bridgehead atoms. The number of halogens is 1. The molecule has 7 nitrogen and oxygen atoms in total. The summed E-state index contributed by atoms with van der Waals surface area (Å²) < 4.78 is 7.99. The number of aromatic nitrogens is 4. The molecule has 2 aromatic rings. The van der Waals surface area contributed by atoms with Crippen LogP contribution in [-0.4, -0.2) is 38.2 Å². The molecule has 0 unspecified atom stereocenters. The van der Waals surface area contributed by atoms with Crippen molar-refractivity contribution < 1.29 is 9.53 Å². The molecule has 2 heterocycles. The second kappa shape index (κ2) is 8.12. The van der Waals surface area contributed by atoms with Crippen molar-refractivity contribution in [3.05, 3.63) is 16.6 Å². The first kappa shape index (κ1) is 18.1. The van der Waals surface area contributed by atoms with E-state index in [1.807, 2.05) is 4.52 Å². The minimum absolute atomic E-state index is 0.0318. The Balaban J connectivity index is 1.77. The third kappa shape index (κ3) is 4.29. The van der Waals surface area contributed by atoms with Crippen molar-refractivity contribution in [2.24, 2.45) is 0 Å². The summed E-state index contributed by atoms with van der Waals surface area (Å²) in [5.74, 6) is 1.68. The summed E-state index contributed by atoms with van der Waals surface area (Å²) in [4.78, 5) is 20.2. The molecule has 25 heavy (non-hydrogen) atoms. The molecule has 1 N–H and O–H groups in total. The number of hydrogen-bond acceptors (Lipinski definition) is 6. The van der Waals surface area contributed by atoms with E-state index in [4.69, 9.17) is 4.74 Å². The lowest BCUT2D eigenvalue weighted by Crippen LogP contribution is -2.23. The second-order valence-electron chi connectivity index (χ2n) is 6.50. The van der Waals surface area contributed by atoms with Gasteiger partial charge in [0.2, 0.25) is 5.95 Å². The van der Waals surface area contributed by atoms with Crippen LogP contribution in [0, 0.1) is 0 Å². The van der Waals surface area contributed by atoms with E-state index in [-0.39, 0.29) is 12.1 Å². The Morgan fingerprint density at radius 1 is 1.40 bits per heavy atom. The molecule has 0 amide bonds. The van der Waals surface area contributed by atoms with Gasteiger partial charge in [0.25, 0.3) is 0 Å². The Labute approximate surface area is 155 Å². The molecule has 0 spiro atoms. The van der Waals surface area contributed by atoms with Crippen molar-refractivity contribution in [3.8, 4) is 0 Å². The molecule has 136 valence electrons. The monoisotopic (exact) mass is 409 g/mol. The van der Waals surface area contributed by atoms with Gasteiger partial charge in [-0.25, -0.2) is 14.5 Å². The van der Waals surface area contributed by atoms with Crippen molar-refractivity contribution in [3.63, 3.8) is 0 Å². The molecule has 0 radical (unpaired) electrons. The third-order valence-electron chi connectivity index (χ3n) is 4.56. The summed E-state index contributed by atoms with van der Waals surface area (Å²) in [7, 11) is 0. The molecule has 0 aliphatic heterocycles. The number of ether oxygens (including phenoxy) is 1. The summed E-state index contributed by atoms with van der Waals surface area (Å²) in [6.45, 7) is 4.49. The average molecular weight is 410 g/mol. The molecule has 1 aliphatic rings. The molecule has 8 heteroatoms. The zero-order chi connectivity index (χ0) is 17.8. The number of carbonyl (C=O) groups is 1. The van der Waals surface area contributed by atoms with E-state index >= 15 is 0 Å². The van der Waals surface area contributed by atoms with Gasteiger partial charge in [-0.05, 0) is 48.0 Å². The van der Waals surface area contributed by atoms with Crippen LogP contribution >= 0.6 is 15.9 Å². The van der Waals surface area contributed by atoms with Crippen molar-refractivity contribution in [2.75, 3.05) is 11.9 Å². The van der Waals surface area contributed by atoms with Crippen molar-refractivity contribution in [1.29, 1.82) is 0 Å². The van der Waals surface area contributed by atoms with Crippen molar-refractivity contribution >= 4 is 33.4 Å². The van der Waals surface area contributed by atoms with Crippen LogP contribution in [0.2, 0.25) is 0 Å². The lowest BCUT2D eigenvalue weighted by Gasteiger charge is -2.27. The molecule has 0 saturated heterocycles. The number of imidazole rings is 1. The molecular weight excluding hydrogens is 386 g/mol. The molecule has 1 aliphatic carbocycles. The highest BCUT2D eigenvalue weighted by atomic mass is 79.9. The van der Waals surface area contributed by atoms with Crippen LogP contribution in [-0.2, 0) is 9.53 Å². The summed E-state index contributed by atoms with van der Waals surface area (Å²) in [5.41, 5.74) is 0.873. The van der Waals surface area contributed by atoms with Gasteiger partial charge in [-0.2, -0.15) is 0 Å². The third-order valence-corrected chi connectivity index (χ3v) is 5.14. The Morgan fingerprint density at radius 3 is 2.84 bits per heavy atom. The fourth-order valence-corrected chi connectivity index (χ4v) is 3.72. The number of carbonyl (C=O) groups excluding carboxylic acids is 1. The number of rotatable bonds is 6. The van der Waals surface area contributed by atoms with E-state index in [9.17, 15) is 4.79 Å². The van der Waals surface area contributed by atoms with Gasteiger partial charge in [-0.1, -0.05) is 13.3 Å². The Morgan fingerprint density at radius 2 is 2.16 bits per heavy atom. The maximum absolute atomic E-state index is 11.1. The molecule has 1 saturated carbocycles. The minimum Gasteiger partial charge on any atom is -0.463 e. The largest absolute Gasteiger partial charge is 0.463 e. The van der Waals surface area contributed by atoms with E-state index in [0.717, 1.165) is 61.0 Å². The highest BCUT2D eigenvalue weighted by Crippen LogP contribution is 2.35. The standard InChI is InChI=1S/C17H24BrN5O2/c1-3-4-9-19-17-20-10-14-15(18)21-16(23(14)22-17)12-5-7-13(8-6-12)25-11(2)24/h10,12-13H,3-9H2,1-2H3,(H,19,22). The van der Waals surface area contributed by atoms with Crippen LogP contribution in [0.1, 0.15) is 64.1 Å². The molecule has 3 rings (SSSR count). The van der Waals surface area contributed by atoms with Crippen LogP contribution in [0.3, 0.4) is 0 Å². The predicted octanol–water partition coefficient (Wildman–Crippen LogP) is 3.69. The van der Waals surface area contributed by atoms with Gasteiger partial charge in [0.05, 0.1) is 6.20 Å². The van der Waals surface area contributed by atoms with Crippen molar-refractivity contribution in [2.45, 2.75) is 64.4 Å². The van der Waals surface area contributed by atoms with Gasteiger partial charge in [0.15, 0.2) is 0 Å². The number of esters is 1. The van der Waals surface area contributed by atoms with Gasteiger partial charge in [-0.15, -0.1) is 5.10 Å². The normalized spacial score (nSPS) is 20.6. The molecule has 1 fully saturated rings. The lowest BCUT2D eigenvalue weighted by atomic mass is 9.87. The van der Waals surface area contributed by atoms with Gasteiger partial charge in [0.1, 0.15) is 22.0 Å². The zero-order valence-electron chi connectivity index (χ0n) is 14.7. The number of fused-ring (bicyclic) bond motifs is 1. The molecule has 0 aromatic carbocycles. The van der Waals surface area contributed by atoms with Crippen LogP contribution < -0.4 is 5.32 Å². The predicted molar refractivity (Wildman–Crippen MR) is 98.6 cm³/mol. The summed E-state index contributed by atoms with van der Waals surface area (Å²) in [5, 5.41) is 7.89. The van der Waals surface area contributed by atoms with Gasteiger partial charge < -0.3 is 10.1 Å². The Kier molecular flexibility index (Phi) is 5.88. The SMILES string of the molecule is CCCCNc1ncc2c(Br)nc(C3CCC(OC(C)=O)CC3)n2n1. The van der Waals surface area contributed by atoms with Crippen molar-refractivity contribution in [1.82, 2.24) is 19.6 Å². The molecular formula is C17H24BrN5O2. The van der Waals surface area contributed by atoms with Crippen LogP contribution in [0.15, 0.2) is 10.8 Å². The smallest absolute Gasteiger partial charge is 0.302 e. The second-order valence-corrected chi connectivity index (χ2v) is 7.25. The molecule has 2 aromatic heterocycles. The van der Waals surface area contributed by atoms with E-state index < -0.39 is 0 Å². The summed E-state index contributed by atoms with van der Waals surface area (Å²) >= 11 is 3.52. The minimum atomic E-state index is -0.201. The number of anilines is 1. The van der Waals surface area contributed by atoms with Crippen LogP contribution in [0.25, 0.3) is 5.52 Å². The van der Waals surface area contributed by atoms with E-state index in [0.29, 0.717) is 11.9 Å². The van der Waals surface area contributed by atoms with Gasteiger partial charge in [0, 0.05) is 19.4 Å². The first-order chi connectivity index (χ1) is 12.1. The zero-order valence-corrected chi connectivity index (χ0v) is 16.3. The number of nitrogens with zero attached hydrogens (tertiary/aromatic N) is 4. The maximum atomic E-state index is 11.1. The van der Waals surface area contributed by atoms with Crippen LogP contribution in [0.5, 0.6) is 0 Å². The number of unbranched alkanes of at least 4 members (excludes halogenated alkanes) is 1. The Bertz CT molecular complexity index is 740. The Hall–Kier alpha value is -1.70. The quantitative estimate of drug-likeness (QED) is 0.578. The average Bonchev–Trinajstić information content (AvgIpc) is 2.92. The molecule has 0 atom stereocenters. The maximum Gasteiger partial charge on any atom is 0.302 e. The highest BCUT2D eigenvalue weighted by molar-refractivity contribution is 9.10. The first-order valence-corrected chi connectivity index (χ1v) is 9.70. The number of nitrogens with one attached hydrogen (secondary N) is 1. The lowest BCUT2D eigenvalue weighted by molar-refractivity contribution is -0.147. The van der Waals surface area contributed by atoms with Gasteiger partial charge >= 0.3 is 5.97 Å². The fourth-order valence-electron chi connectivity index (χ4n) is 3.27. The summed E-state index contributed by atoms with van der Waals surface area (Å²) in [6.07, 6.45) is 7.65. The first-order valence-electron chi connectivity index (χ1n) is 8.90. The van der Waals surface area contributed by atoms with Gasteiger partial charge in [-0.3, -0.25) is 4.79 Å². The topological polar surface area (TPSA) is 81.4 Å². The number of hydrogen-bond donors (Lipinski definition) is 1. The fraction of sp³-hybridized carbons (Fsp3) is 0.647. The summed E-state index contributed by atoms with van der Waals surface area (Å²) in [6, 6.07) is 0.